The second-order valence-corrected chi connectivity index (χ2v) is 4.91. The summed E-state index contributed by atoms with van der Waals surface area (Å²) < 4.78 is 1.09. The zero-order chi connectivity index (χ0) is 12.3. The molecule has 17 heavy (non-hydrogen) atoms. The van der Waals surface area contributed by atoms with Crippen LogP contribution in [0.25, 0.3) is 10.8 Å². The average molecular weight is 291 g/mol. The molecule has 3 heteroatoms. The van der Waals surface area contributed by atoms with E-state index in [1.807, 2.05) is 12.1 Å². The van der Waals surface area contributed by atoms with E-state index in [2.05, 4.69) is 58.3 Å². The molecule has 0 radical (unpaired) electrons. The Kier molecular flexibility index (Phi) is 3.94. The summed E-state index contributed by atoms with van der Waals surface area (Å²) in [5, 5.41) is 2.44. The fourth-order valence-electron chi connectivity index (χ4n) is 1.92. The molecule has 88 valence electrons. The first kappa shape index (κ1) is 12.3. The van der Waals surface area contributed by atoms with Crippen LogP contribution in [0.3, 0.4) is 0 Å². The fraction of sp³-hybridized carbons (Fsp3) is 0.143. The van der Waals surface area contributed by atoms with Gasteiger partial charge in [-0.15, -0.1) is 6.58 Å². The van der Waals surface area contributed by atoms with Crippen LogP contribution in [0, 0.1) is 0 Å². The van der Waals surface area contributed by atoms with E-state index in [4.69, 9.17) is 5.84 Å². The molecule has 2 rings (SSSR count). The van der Waals surface area contributed by atoms with E-state index in [0.717, 1.165) is 10.9 Å². The molecule has 2 aromatic rings. The smallest absolute Gasteiger partial charge is 0.0494 e. The van der Waals surface area contributed by atoms with Gasteiger partial charge in [0.15, 0.2) is 0 Å². The lowest BCUT2D eigenvalue weighted by Gasteiger charge is -2.15. The standard InChI is InChI=1S/C14H15BrN2/c1-2-3-14(17-16)12-5-4-11-9-13(15)7-6-10(11)8-12/h2,4-9,14,17H,1,3,16H2. The quantitative estimate of drug-likeness (QED) is 0.512. The number of hydrazine groups is 1. The molecule has 0 amide bonds. The molecular formula is C14H15BrN2. The summed E-state index contributed by atoms with van der Waals surface area (Å²) in [6.45, 7) is 3.75. The highest BCUT2D eigenvalue weighted by atomic mass is 79.9. The second kappa shape index (κ2) is 5.45. The lowest BCUT2D eigenvalue weighted by atomic mass is 10.0. The van der Waals surface area contributed by atoms with Gasteiger partial charge in [-0.3, -0.25) is 11.3 Å². The van der Waals surface area contributed by atoms with Crippen molar-refractivity contribution in [1.29, 1.82) is 0 Å². The highest BCUT2D eigenvalue weighted by Gasteiger charge is 2.07. The molecule has 0 spiro atoms. The fourth-order valence-corrected chi connectivity index (χ4v) is 2.30. The predicted octanol–water partition coefficient (Wildman–Crippen LogP) is 3.68. The van der Waals surface area contributed by atoms with Crippen molar-refractivity contribution in [3.63, 3.8) is 0 Å². The molecule has 0 saturated carbocycles. The van der Waals surface area contributed by atoms with Gasteiger partial charge in [-0.05, 0) is 41.0 Å². The summed E-state index contributed by atoms with van der Waals surface area (Å²) >= 11 is 3.47. The van der Waals surface area contributed by atoms with Gasteiger partial charge in [0, 0.05) is 10.5 Å². The second-order valence-electron chi connectivity index (χ2n) is 3.99. The third-order valence-electron chi connectivity index (χ3n) is 2.83. The van der Waals surface area contributed by atoms with Crippen LogP contribution in [0.15, 0.2) is 53.5 Å². The third kappa shape index (κ3) is 2.75. The van der Waals surface area contributed by atoms with Crippen LogP contribution in [0.5, 0.6) is 0 Å². The number of benzene rings is 2. The normalized spacial score (nSPS) is 12.6. The van der Waals surface area contributed by atoms with E-state index in [-0.39, 0.29) is 6.04 Å². The zero-order valence-electron chi connectivity index (χ0n) is 9.49. The van der Waals surface area contributed by atoms with Crippen molar-refractivity contribution in [2.75, 3.05) is 0 Å². The molecular weight excluding hydrogens is 276 g/mol. The van der Waals surface area contributed by atoms with Crippen molar-refractivity contribution >= 4 is 26.7 Å². The van der Waals surface area contributed by atoms with Gasteiger partial charge in [0.25, 0.3) is 0 Å². The molecule has 3 N–H and O–H groups in total. The summed E-state index contributed by atoms with van der Waals surface area (Å²) in [6.07, 6.45) is 2.69. The molecule has 0 saturated heterocycles. The Labute approximate surface area is 110 Å². The van der Waals surface area contributed by atoms with Crippen molar-refractivity contribution in [2.24, 2.45) is 5.84 Å². The summed E-state index contributed by atoms with van der Waals surface area (Å²) in [5.74, 6) is 5.55. The van der Waals surface area contributed by atoms with Gasteiger partial charge in [0.05, 0.1) is 0 Å². The Morgan fingerprint density at radius 2 is 1.94 bits per heavy atom. The molecule has 0 aliphatic rings. The van der Waals surface area contributed by atoms with Crippen LogP contribution in [-0.2, 0) is 0 Å². The Morgan fingerprint density at radius 3 is 2.65 bits per heavy atom. The Morgan fingerprint density at radius 1 is 1.24 bits per heavy atom. The minimum absolute atomic E-state index is 0.126. The van der Waals surface area contributed by atoms with Crippen molar-refractivity contribution < 1.29 is 0 Å². The van der Waals surface area contributed by atoms with Crippen LogP contribution < -0.4 is 11.3 Å². The van der Waals surface area contributed by atoms with Crippen LogP contribution in [0.2, 0.25) is 0 Å². The number of hydrogen-bond donors (Lipinski definition) is 2. The Bertz CT molecular complexity index is 537. The van der Waals surface area contributed by atoms with E-state index >= 15 is 0 Å². The van der Waals surface area contributed by atoms with Gasteiger partial charge < -0.3 is 0 Å². The number of nitrogens with one attached hydrogen (secondary N) is 1. The van der Waals surface area contributed by atoms with Gasteiger partial charge in [0.2, 0.25) is 0 Å². The minimum atomic E-state index is 0.126. The number of fused-ring (bicyclic) bond motifs is 1. The maximum Gasteiger partial charge on any atom is 0.0494 e. The van der Waals surface area contributed by atoms with Gasteiger partial charge in [-0.25, -0.2) is 0 Å². The lowest BCUT2D eigenvalue weighted by Crippen LogP contribution is -2.27. The van der Waals surface area contributed by atoms with Gasteiger partial charge in [0.1, 0.15) is 0 Å². The number of rotatable bonds is 4. The lowest BCUT2D eigenvalue weighted by molar-refractivity contribution is 0.562. The first-order valence-corrected chi connectivity index (χ1v) is 6.30. The molecule has 0 aliphatic heterocycles. The molecule has 0 heterocycles. The molecule has 1 unspecified atom stereocenters. The molecule has 2 nitrogen and oxygen atoms in total. The molecule has 0 aliphatic carbocycles. The largest absolute Gasteiger partial charge is 0.271 e. The highest BCUT2D eigenvalue weighted by molar-refractivity contribution is 9.10. The van der Waals surface area contributed by atoms with E-state index in [0.29, 0.717) is 0 Å². The highest BCUT2D eigenvalue weighted by Crippen LogP contribution is 2.24. The van der Waals surface area contributed by atoms with Crippen LogP contribution in [0.1, 0.15) is 18.0 Å². The topological polar surface area (TPSA) is 38.0 Å². The maximum absolute atomic E-state index is 5.55. The summed E-state index contributed by atoms with van der Waals surface area (Å²) in [4.78, 5) is 0. The van der Waals surface area contributed by atoms with Crippen LogP contribution in [-0.4, -0.2) is 0 Å². The third-order valence-corrected chi connectivity index (χ3v) is 3.33. The van der Waals surface area contributed by atoms with Crippen molar-refractivity contribution in [3.05, 3.63) is 59.1 Å². The average Bonchev–Trinajstić information content (AvgIpc) is 2.35. The molecule has 2 aromatic carbocycles. The van der Waals surface area contributed by atoms with Crippen LogP contribution in [0.4, 0.5) is 0 Å². The van der Waals surface area contributed by atoms with Crippen molar-refractivity contribution in [2.45, 2.75) is 12.5 Å². The van der Waals surface area contributed by atoms with Crippen molar-refractivity contribution in [3.8, 4) is 0 Å². The zero-order valence-corrected chi connectivity index (χ0v) is 11.1. The first-order valence-electron chi connectivity index (χ1n) is 5.51. The monoisotopic (exact) mass is 290 g/mol. The molecule has 1 atom stereocenters. The van der Waals surface area contributed by atoms with Gasteiger partial charge in [-0.1, -0.05) is 40.2 Å². The van der Waals surface area contributed by atoms with E-state index in [1.54, 1.807) is 0 Å². The molecule has 0 bridgehead atoms. The maximum atomic E-state index is 5.55. The Balaban J connectivity index is 2.43. The summed E-state index contributed by atoms with van der Waals surface area (Å²) in [5.41, 5.74) is 4.00. The summed E-state index contributed by atoms with van der Waals surface area (Å²) in [7, 11) is 0. The van der Waals surface area contributed by atoms with E-state index in [9.17, 15) is 0 Å². The number of hydrogen-bond acceptors (Lipinski definition) is 2. The SMILES string of the molecule is C=CCC(NN)c1ccc2cc(Br)ccc2c1. The predicted molar refractivity (Wildman–Crippen MR) is 76.5 cm³/mol. The van der Waals surface area contributed by atoms with E-state index < -0.39 is 0 Å². The minimum Gasteiger partial charge on any atom is -0.271 e. The summed E-state index contributed by atoms with van der Waals surface area (Å²) in [6, 6.07) is 12.8. The number of nitrogens with two attached hydrogens (primary N) is 1. The van der Waals surface area contributed by atoms with Crippen molar-refractivity contribution in [1.82, 2.24) is 5.43 Å². The molecule has 0 fully saturated rings. The Hall–Kier alpha value is -1.16. The molecule has 0 aromatic heterocycles. The van der Waals surface area contributed by atoms with Gasteiger partial charge in [-0.2, -0.15) is 0 Å². The van der Waals surface area contributed by atoms with Crippen LogP contribution >= 0.6 is 15.9 Å². The first-order chi connectivity index (χ1) is 8.24. The van der Waals surface area contributed by atoms with Gasteiger partial charge >= 0.3 is 0 Å². The van der Waals surface area contributed by atoms with E-state index in [1.165, 1.54) is 16.3 Å². The number of halogens is 1.